The second-order valence-electron chi connectivity index (χ2n) is 3.92. The Morgan fingerprint density at radius 1 is 1.29 bits per heavy atom. The molecule has 0 aromatic heterocycles. The molecule has 2 N–H and O–H groups in total. The number of allylic oxidation sites excluding steroid dienone is 1. The first-order valence-corrected chi connectivity index (χ1v) is 6.10. The van der Waals surface area contributed by atoms with Crippen molar-refractivity contribution in [3.63, 3.8) is 0 Å². The van der Waals surface area contributed by atoms with Gasteiger partial charge in [0.2, 0.25) is 0 Å². The van der Waals surface area contributed by atoms with Crippen LogP contribution in [0.1, 0.15) is 12.8 Å². The molecule has 1 aliphatic carbocycles. The topological polar surface area (TPSA) is 41.1 Å². The number of carbonyl (C=O) groups is 1. The highest BCUT2D eigenvalue weighted by Gasteiger charge is 2.17. The minimum atomic E-state index is -0.291. The summed E-state index contributed by atoms with van der Waals surface area (Å²) in [5.41, 5.74) is 0.608. The maximum absolute atomic E-state index is 11.5. The normalized spacial score (nSPS) is 14.9. The lowest BCUT2D eigenvalue weighted by Crippen LogP contribution is -2.23. The fourth-order valence-corrected chi connectivity index (χ4v) is 1.59. The monoisotopic (exact) mass is 270 g/mol. The van der Waals surface area contributed by atoms with Crippen LogP contribution in [0.3, 0.4) is 0 Å². The van der Waals surface area contributed by atoms with E-state index in [2.05, 4.69) is 10.6 Å². The van der Waals surface area contributed by atoms with E-state index in [0.717, 1.165) is 0 Å². The van der Waals surface area contributed by atoms with Crippen LogP contribution in [-0.4, -0.2) is 6.03 Å². The van der Waals surface area contributed by atoms with Crippen LogP contribution >= 0.6 is 23.2 Å². The molecule has 1 saturated carbocycles. The number of amides is 2. The number of hydrogen-bond donors (Lipinski definition) is 2. The van der Waals surface area contributed by atoms with Crippen LogP contribution in [0, 0.1) is 5.92 Å². The summed E-state index contributed by atoms with van der Waals surface area (Å²) in [6.45, 7) is 0. The number of anilines is 1. The average Bonchev–Trinajstić information content (AvgIpc) is 3.07. The Hall–Kier alpha value is -1.19. The fraction of sp³-hybridized carbons (Fsp3) is 0.250. The predicted octanol–water partition coefficient (Wildman–Crippen LogP) is 4.04. The van der Waals surface area contributed by atoms with E-state index in [1.54, 1.807) is 24.4 Å². The minimum absolute atomic E-state index is 0.291. The van der Waals surface area contributed by atoms with E-state index in [9.17, 15) is 4.79 Å². The molecule has 17 heavy (non-hydrogen) atoms. The van der Waals surface area contributed by atoms with Gasteiger partial charge in [-0.05, 0) is 37.0 Å². The van der Waals surface area contributed by atoms with Crippen molar-refractivity contribution in [2.24, 2.45) is 5.92 Å². The third-order valence-corrected chi connectivity index (χ3v) is 3.12. The quantitative estimate of drug-likeness (QED) is 0.855. The number of carbonyl (C=O) groups excluding carboxylic acids is 1. The highest BCUT2D eigenvalue weighted by molar-refractivity contribution is 6.42. The van der Waals surface area contributed by atoms with Gasteiger partial charge in [0, 0.05) is 11.9 Å². The zero-order chi connectivity index (χ0) is 12.3. The largest absolute Gasteiger partial charge is 0.323 e. The molecule has 3 nitrogen and oxygen atoms in total. The van der Waals surface area contributed by atoms with E-state index in [0.29, 0.717) is 21.7 Å². The molecule has 5 heteroatoms. The smallest absolute Gasteiger partial charge is 0.315 e. The Morgan fingerprint density at radius 3 is 2.71 bits per heavy atom. The average molecular weight is 271 g/mol. The van der Waals surface area contributed by atoms with Gasteiger partial charge < -0.3 is 10.6 Å². The van der Waals surface area contributed by atoms with Crippen LogP contribution in [-0.2, 0) is 0 Å². The summed E-state index contributed by atoms with van der Waals surface area (Å²) < 4.78 is 0. The van der Waals surface area contributed by atoms with Gasteiger partial charge in [0.15, 0.2) is 0 Å². The highest BCUT2D eigenvalue weighted by atomic mass is 35.5. The molecule has 0 atom stereocenters. The number of rotatable bonds is 3. The lowest BCUT2D eigenvalue weighted by Gasteiger charge is -2.05. The molecule has 1 fully saturated rings. The number of benzene rings is 1. The zero-order valence-electron chi connectivity index (χ0n) is 9.04. The molecule has 90 valence electrons. The van der Waals surface area contributed by atoms with Crippen molar-refractivity contribution in [3.8, 4) is 0 Å². The van der Waals surface area contributed by atoms with Crippen molar-refractivity contribution >= 4 is 34.9 Å². The first-order valence-electron chi connectivity index (χ1n) is 5.34. The molecule has 2 amide bonds. The van der Waals surface area contributed by atoms with Gasteiger partial charge in [-0.3, -0.25) is 0 Å². The Bertz CT molecular complexity index is 456. The molecular weight excluding hydrogens is 259 g/mol. The van der Waals surface area contributed by atoms with E-state index >= 15 is 0 Å². The van der Waals surface area contributed by atoms with Crippen LogP contribution < -0.4 is 10.6 Å². The van der Waals surface area contributed by atoms with Crippen molar-refractivity contribution in [2.75, 3.05) is 5.32 Å². The van der Waals surface area contributed by atoms with Gasteiger partial charge in [0.05, 0.1) is 10.0 Å². The lowest BCUT2D eigenvalue weighted by atomic mass is 10.3. The van der Waals surface area contributed by atoms with E-state index in [4.69, 9.17) is 23.2 Å². The highest BCUT2D eigenvalue weighted by Crippen LogP contribution is 2.29. The molecule has 0 bridgehead atoms. The van der Waals surface area contributed by atoms with Crippen LogP contribution in [0.15, 0.2) is 30.5 Å². The summed E-state index contributed by atoms with van der Waals surface area (Å²) in [5, 5.41) is 6.17. The van der Waals surface area contributed by atoms with Gasteiger partial charge in [0.1, 0.15) is 0 Å². The van der Waals surface area contributed by atoms with Gasteiger partial charge in [-0.1, -0.05) is 29.3 Å². The van der Waals surface area contributed by atoms with Crippen molar-refractivity contribution < 1.29 is 4.79 Å². The maximum Gasteiger partial charge on any atom is 0.323 e. The van der Waals surface area contributed by atoms with E-state index in [-0.39, 0.29) is 6.03 Å². The van der Waals surface area contributed by atoms with Crippen LogP contribution in [0.25, 0.3) is 0 Å². The third kappa shape index (κ3) is 3.95. The first-order chi connectivity index (χ1) is 8.15. The van der Waals surface area contributed by atoms with Crippen LogP contribution in [0.5, 0.6) is 0 Å². The van der Waals surface area contributed by atoms with Crippen molar-refractivity contribution in [3.05, 3.63) is 40.5 Å². The summed E-state index contributed by atoms with van der Waals surface area (Å²) >= 11 is 11.6. The molecule has 1 aliphatic rings. The molecule has 2 rings (SSSR count). The summed E-state index contributed by atoms with van der Waals surface area (Å²) in [4.78, 5) is 11.5. The van der Waals surface area contributed by atoms with Crippen molar-refractivity contribution in [1.29, 1.82) is 0 Å². The SMILES string of the molecule is O=C(N/C=C/C1CC1)Nc1ccc(Cl)c(Cl)c1. The Labute approximate surface area is 110 Å². The van der Waals surface area contributed by atoms with Crippen LogP contribution in [0.4, 0.5) is 10.5 Å². The maximum atomic E-state index is 11.5. The van der Waals surface area contributed by atoms with Crippen LogP contribution in [0.2, 0.25) is 10.0 Å². The molecule has 1 aromatic rings. The summed E-state index contributed by atoms with van der Waals surface area (Å²) in [7, 11) is 0. The second kappa shape index (κ2) is 5.43. The minimum Gasteiger partial charge on any atom is -0.315 e. The van der Waals surface area contributed by atoms with E-state index < -0.39 is 0 Å². The molecule has 0 unspecified atom stereocenters. The fourth-order valence-electron chi connectivity index (χ4n) is 1.29. The summed E-state index contributed by atoms with van der Waals surface area (Å²) in [5.74, 6) is 0.639. The second-order valence-corrected chi connectivity index (χ2v) is 4.74. The Morgan fingerprint density at radius 2 is 2.06 bits per heavy atom. The van der Waals surface area contributed by atoms with Crippen molar-refractivity contribution in [1.82, 2.24) is 5.32 Å². The van der Waals surface area contributed by atoms with E-state index in [1.807, 2.05) is 6.08 Å². The Kier molecular flexibility index (Phi) is 3.92. The first kappa shape index (κ1) is 12.3. The number of halogens is 2. The zero-order valence-corrected chi connectivity index (χ0v) is 10.6. The van der Waals surface area contributed by atoms with Gasteiger partial charge in [-0.15, -0.1) is 0 Å². The molecule has 0 heterocycles. The summed E-state index contributed by atoms with van der Waals surface area (Å²) in [6, 6.07) is 4.65. The van der Waals surface area contributed by atoms with Gasteiger partial charge in [0.25, 0.3) is 0 Å². The molecule has 0 aliphatic heterocycles. The van der Waals surface area contributed by atoms with Gasteiger partial charge in [-0.2, -0.15) is 0 Å². The molecule has 0 radical (unpaired) electrons. The van der Waals surface area contributed by atoms with Gasteiger partial charge >= 0.3 is 6.03 Å². The number of nitrogens with one attached hydrogen (secondary N) is 2. The molecule has 1 aromatic carbocycles. The van der Waals surface area contributed by atoms with Gasteiger partial charge in [-0.25, -0.2) is 4.79 Å². The third-order valence-electron chi connectivity index (χ3n) is 2.38. The van der Waals surface area contributed by atoms with E-state index in [1.165, 1.54) is 12.8 Å². The predicted molar refractivity (Wildman–Crippen MR) is 70.5 cm³/mol. The molecular formula is C12H12Cl2N2O. The number of hydrogen-bond acceptors (Lipinski definition) is 1. The van der Waals surface area contributed by atoms with Crippen molar-refractivity contribution in [2.45, 2.75) is 12.8 Å². The standard InChI is InChI=1S/C12H12Cl2N2O/c13-10-4-3-9(7-11(10)14)16-12(17)15-6-5-8-1-2-8/h3-8H,1-2H2,(H2,15,16,17)/b6-5+. The number of urea groups is 1. The summed E-state index contributed by atoms with van der Waals surface area (Å²) in [6.07, 6.45) is 6.10. The lowest BCUT2D eigenvalue weighted by molar-refractivity contribution is 0.255. The Balaban J connectivity index is 1.86. The molecule has 0 saturated heterocycles. The molecule has 0 spiro atoms.